The number of amides is 1. The summed E-state index contributed by atoms with van der Waals surface area (Å²) in [7, 11) is -0.963. The van der Waals surface area contributed by atoms with Crippen LogP contribution in [-0.4, -0.2) is 19.0 Å². The molecule has 0 aliphatic heterocycles. The second-order valence-electron chi connectivity index (χ2n) is 3.32. The van der Waals surface area contributed by atoms with Crippen LogP contribution >= 0.6 is 24.1 Å². The molecule has 0 aromatic heterocycles. The summed E-state index contributed by atoms with van der Waals surface area (Å²) in [4.78, 5) is 11.2. The van der Waals surface area contributed by atoms with Crippen molar-refractivity contribution in [2.75, 3.05) is 7.05 Å². The topological polar surface area (TPSA) is 67.4 Å². The van der Waals surface area contributed by atoms with Crippen molar-refractivity contribution in [3.05, 3.63) is 28.7 Å². The number of halogens is 1. The monoisotopic (exact) mass is 320 g/mol. The van der Waals surface area contributed by atoms with Crippen molar-refractivity contribution in [2.45, 2.75) is 13.0 Å². The Labute approximate surface area is 109 Å². The summed E-state index contributed by atoms with van der Waals surface area (Å²) >= 11 is 3.29. The van der Waals surface area contributed by atoms with E-state index >= 15 is 0 Å². The van der Waals surface area contributed by atoms with Gasteiger partial charge in [0.25, 0.3) is 0 Å². The fourth-order valence-corrected chi connectivity index (χ4v) is 2.26. The molecule has 0 aliphatic carbocycles. The first-order valence-corrected chi connectivity index (χ1v) is 7.09. The Morgan fingerprint density at radius 2 is 2.00 bits per heavy atom. The molecule has 0 bridgehead atoms. The van der Waals surface area contributed by atoms with Crippen LogP contribution < -0.4 is 14.9 Å². The highest BCUT2D eigenvalue weighted by molar-refractivity contribution is 9.10. The zero-order valence-electron chi connectivity index (χ0n) is 9.49. The first-order valence-electron chi connectivity index (χ1n) is 4.98. The number of hydrogen-bond acceptors (Lipinski definition) is 3. The second-order valence-corrected chi connectivity index (χ2v) is 5.31. The largest absolute Gasteiger partial charge is 0.434 e. The van der Waals surface area contributed by atoms with Gasteiger partial charge in [-0.15, -0.1) is 0 Å². The van der Waals surface area contributed by atoms with Crippen molar-refractivity contribution in [1.29, 1.82) is 0 Å². The molecule has 1 amide bonds. The summed E-state index contributed by atoms with van der Waals surface area (Å²) < 4.78 is 17.7. The molecule has 17 heavy (non-hydrogen) atoms. The number of nitrogens with one attached hydrogen (secondary N) is 2. The van der Waals surface area contributed by atoms with Gasteiger partial charge in [-0.2, -0.15) is 0 Å². The van der Waals surface area contributed by atoms with Gasteiger partial charge in [0.05, 0.1) is 6.04 Å². The van der Waals surface area contributed by atoms with E-state index in [4.69, 9.17) is 4.52 Å². The minimum atomic E-state index is -2.48. The number of carbonyl (C=O) groups excluding carboxylic acids is 1. The van der Waals surface area contributed by atoms with Gasteiger partial charge < -0.3 is 9.84 Å². The van der Waals surface area contributed by atoms with E-state index in [-0.39, 0.29) is 5.91 Å². The van der Waals surface area contributed by atoms with Gasteiger partial charge in [0.2, 0.25) is 5.91 Å². The van der Waals surface area contributed by atoms with Gasteiger partial charge in [0.1, 0.15) is 5.75 Å². The zero-order chi connectivity index (χ0) is 12.8. The first kappa shape index (κ1) is 14.2. The summed E-state index contributed by atoms with van der Waals surface area (Å²) in [5.74, 6) is 0.261. The highest BCUT2D eigenvalue weighted by Crippen LogP contribution is 2.25. The second kappa shape index (κ2) is 6.79. The summed E-state index contributed by atoms with van der Waals surface area (Å²) in [5, 5.41) is 5.05. The van der Waals surface area contributed by atoms with Gasteiger partial charge in [-0.3, -0.25) is 9.36 Å². The van der Waals surface area contributed by atoms with Crippen molar-refractivity contribution < 1.29 is 13.9 Å². The summed E-state index contributed by atoms with van der Waals surface area (Å²) in [6.07, 6.45) is 0. The van der Waals surface area contributed by atoms with Gasteiger partial charge in [0.15, 0.2) is 0 Å². The van der Waals surface area contributed by atoms with Gasteiger partial charge >= 0.3 is 8.18 Å². The van der Waals surface area contributed by atoms with E-state index in [1.165, 1.54) is 7.05 Å². The molecule has 1 aromatic rings. The minimum absolute atomic E-state index is 0.234. The molecular formula is C10H14BrN2O3P. The Kier molecular flexibility index (Phi) is 5.68. The predicted molar refractivity (Wildman–Crippen MR) is 70.4 cm³/mol. The van der Waals surface area contributed by atoms with Gasteiger partial charge in [-0.25, -0.2) is 5.09 Å². The number of carbonyl (C=O) groups is 1. The molecule has 1 unspecified atom stereocenters. The van der Waals surface area contributed by atoms with Crippen molar-refractivity contribution in [1.82, 2.24) is 10.4 Å². The van der Waals surface area contributed by atoms with Gasteiger partial charge in [-0.05, 0) is 31.2 Å². The maximum absolute atomic E-state index is 11.6. The van der Waals surface area contributed by atoms with E-state index in [1.54, 1.807) is 31.2 Å². The highest BCUT2D eigenvalue weighted by Gasteiger charge is 2.13. The maximum Gasteiger partial charge on any atom is 0.305 e. The van der Waals surface area contributed by atoms with E-state index < -0.39 is 14.2 Å². The van der Waals surface area contributed by atoms with Crippen molar-refractivity contribution in [2.24, 2.45) is 0 Å². The Hall–Kier alpha value is -0.840. The van der Waals surface area contributed by atoms with Crippen molar-refractivity contribution in [3.63, 3.8) is 0 Å². The molecular weight excluding hydrogens is 307 g/mol. The molecule has 0 heterocycles. The van der Waals surface area contributed by atoms with Crippen LogP contribution in [0.3, 0.4) is 0 Å². The average Bonchev–Trinajstić information content (AvgIpc) is 2.30. The maximum atomic E-state index is 11.6. The standard InChI is InChI=1S/C10H14BrN2O3P/c1-7(10(14)12-2)13-17(15)16-9-5-3-8(11)4-6-9/h3-7,17H,1-2H3,(H,12,14)(H,13,15)/t7-/m0/s1. The Bertz CT molecular complexity index is 411. The predicted octanol–water partition coefficient (Wildman–Crippen LogP) is 1.94. The van der Waals surface area contributed by atoms with E-state index in [1.807, 2.05) is 0 Å². The van der Waals surface area contributed by atoms with Gasteiger partial charge in [-0.1, -0.05) is 15.9 Å². The van der Waals surface area contributed by atoms with Gasteiger partial charge in [0, 0.05) is 11.5 Å². The Balaban J connectivity index is 2.50. The summed E-state index contributed by atoms with van der Waals surface area (Å²) in [6.45, 7) is 1.62. The average molecular weight is 321 g/mol. The molecule has 2 atom stereocenters. The van der Waals surface area contributed by atoms with E-state index in [0.29, 0.717) is 5.75 Å². The minimum Gasteiger partial charge on any atom is -0.434 e. The Morgan fingerprint density at radius 1 is 1.41 bits per heavy atom. The molecule has 7 heteroatoms. The van der Waals surface area contributed by atoms with Crippen LogP contribution in [0.4, 0.5) is 0 Å². The lowest BCUT2D eigenvalue weighted by atomic mass is 10.3. The fourth-order valence-electron chi connectivity index (χ4n) is 1.10. The third-order valence-electron chi connectivity index (χ3n) is 2.00. The molecule has 94 valence electrons. The van der Waals surface area contributed by atoms with Crippen LogP contribution in [0.5, 0.6) is 5.75 Å². The van der Waals surface area contributed by atoms with Crippen LogP contribution in [0.25, 0.3) is 0 Å². The summed E-state index contributed by atoms with van der Waals surface area (Å²) in [6, 6.07) is 6.40. The molecule has 0 radical (unpaired) electrons. The van der Waals surface area contributed by atoms with E-state index in [0.717, 1.165) is 4.47 Å². The summed E-state index contributed by atoms with van der Waals surface area (Å²) in [5.41, 5.74) is 0. The zero-order valence-corrected chi connectivity index (χ0v) is 12.1. The van der Waals surface area contributed by atoms with E-state index in [9.17, 15) is 9.36 Å². The normalized spacial score (nSPS) is 13.8. The number of hydrogen-bond donors (Lipinski definition) is 2. The molecule has 0 spiro atoms. The van der Waals surface area contributed by atoms with Crippen LogP contribution in [0.2, 0.25) is 0 Å². The number of benzene rings is 1. The van der Waals surface area contributed by atoms with E-state index in [2.05, 4.69) is 26.3 Å². The quantitative estimate of drug-likeness (QED) is 0.814. The molecule has 0 fully saturated rings. The van der Waals surface area contributed by atoms with Crippen LogP contribution in [-0.2, 0) is 9.36 Å². The SMILES string of the molecule is CNC(=O)[C@H](C)N[PH](=O)Oc1ccc(Br)cc1. The lowest BCUT2D eigenvalue weighted by Gasteiger charge is -2.12. The highest BCUT2D eigenvalue weighted by atomic mass is 79.9. The third-order valence-corrected chi connectivity index (χ3v) is 3.62. The molecule has 5 nitrogen and oxygen atoms in total. The van der Waals surface area contributed by atoms with Crippen LogP contribution in [0.15, 0.2) is 28.7 Å². The van der Waals surface area contributed by atoms with Crippen LogP contribution in [0, 0.1) is 0 Å². The molecule has 1 rings (SSSR count). The Morgan fingerprint density at radius 3 is 2.53 bits per heavy atom. The fraction of sp³-hybridized carbons (Fsp3) is 0.300. The smallest absolute Gasteiger partial charge is 0.305 e. The molecule has 0 saturated carbocycles. The number of likely N-dealkylation sites (N-methyl/N-ethyl adjacent to an activating group) is 1. The molecule has 0 aliphatic rings. The number of rotatable bonds is 5. The molecule has 2 N–H and O–H groups in total. The lowest BCUT2D eigenvalue weighted by molar-refractivity contribution is -0.121. The molecule has 1 aromatic carbocycles. The third kappa shape index (κ3) is 4.89. The lowest BCUT2D eigenvalue weighted by Crippen LogP contribution is -2.37. The van der Waals surface area contributed by atoms with Crippen LogP contribution in [0.1, 0.15) is 6.92 Å². The van der Waals surface area contributed by atoms with Crippen molar-refractivity contribution in [3.8, 4) is 5.75 Å². The first-order chi connectivity index (χ1) is 8.02. The van der Waals surface area contributed by atoms with Crippen molar-refractivity contribution >= 4 is 30.0 Å². The molecule has 0 saturated heterocycles.